The number of hydrogen-bond donors (Lipinski definition) is 0. The summed E-state index contributed by atoms with van der Waals surface area (Å²) in [5, 5.41) is 0. The van der Waals surface area contributed by atoms with E-state index >= 15 is 0 Å². The van der Waals surface area contributed by atoms with Crippen molar-refractivity contribution in [1.82, 2.24) is 0 Å². The Morgan fingerprint density at radius 1 is 1.00 bits per heavy atom. The van der Waals surface area contributed by atoms with Gasteiger partial charge in [-0.15, -0.1) is 0 Å². The van der Waals surface area contributed by atoms with Crippen LogP contribution in [-0.2, 0) is 9.31 Å². The molecule has 0 unspecified atom stereocenters. The van der Waals surface area contributed by atoms with Crippen molar-refractivity contribution in [2.45, 2.75) is 38.9 Å². The Morgan fingerprint density at radius 3 is 2.00 bits per heavy atom. The summed E-state index contributed by atoms with van der Waals surface area (Å²) in [6.07, 6.45) is 0. The standard InChI is InChI=1S/C12H16BIO2/c1-11(2)12(3,4)16-13(15-11)9-7-5-6-8-10(9)14/h5-8H,1-4H3. The SMILES string of the molecule is CC1(C)OB(c2ccccc2I)OC1(C)C. The van der Waals surface area contributed by atoms with Crippen LogP contribution in [0.25, 0.3) is 0 Å². The molecule has 0 aromatic heterocycles. The van der Waals surface area contributed by atoms with Crippen molar-refractivity contribution in [2.75, 3.05) is 0 Å². The molecule has 0 atom stereocenters. The van der Waals surface area contributed by atoms with Gasteiger partial charge in [0.1, 0.15) is 0 Å². The van der Waals surface area contributed by atoms with Gasteiger partial charge in [0.2, 0.25) is 0 Å². The van der Waals surface area contributed by atoms with Crippen LogP contribution < -0.4 is 5.46 Å². The maximum atomic E-state index is 6.00. The zero-order valence-electron chi connectivity index (χ0n) is 10.1. The second kappa shape index (κ2) is 4.00. The van der Waals surface area contributed by atoms with Gasteiger partial charge in [0.05, 0.1) is 11.2 Å². The van der Waals surface area contributed by atoms with Crippen molar-refractivity contribution in [3.8, 4) is 0 Å². The molecule has 1 fully saturated rings. The van der Waals surface area contributed by atoms with Crippen molar-refractivity contribution in [2.24, 2.45) is 0 Å². The topological polar surface area (TPSA) is 18.5 Å². The number of halogens is 1. The van der Waals surface area contributed by atoms with Gasteiger partial charge in [-0.25, -0.2) is 0 Å². The van der Waals surface area contributed by atoms with Crippen molar-refractivity contribution >= 4 is 35.2 Å². The summed E-state index contributed by atoms with van der Waals surface area (Å²) in [5.41, 5.74) is 0.578. The number of benzene rings is 1. The average Bonchev–Trinajstić information content (AvgIpc) is 2.36. The maximum Gasteiger partial charge on any atom is 0.495 e. The van der Waals surface area contributed by atoms with Crippen LogP contribution in [0.15, 0.2) is 24.3 Å². The zero-order chi connectivity index (χ0) is 12.0. The molecule has 0 N–H and O–H groups in total. The van der Waals surface area contributed by atoms with Crippen molar-refractivity contribution in [1.29, 1.82) is 0 Å². The molecule has 1 heterocycles. The molecule has 0 radical (unpaired) electrons. The first-order chi connectivity index (χ1) is 7.33. The van der Waals surface area contributed by atoms with Gasteiger partial charge in [-0.2, -0.15) is 0 Å². The third-order valence-corrected chi connectivity index (χ3v) is 4.39. The van der Waals surface area contributed by atoms with E-state index in [1.807, 2.05) is 12.1 Å². The van der Waals surface area contributed by atoms with Gasteiger partial charge in [0.15, 0.2) is 0 Å². The molecule has 1 aliphatic heterocycles. The monoisotopic (exact) mass is 330 g/mol. The lowest BCUT2D eigenvalue weighted by molar-refractivity contribution is 0.00578. The van der Waals surface area contributed by atoms with E-state index in [1.54, 1.807) is 0 Å². The minimum atomic E-state index is -0.267. The van der Waals surface area contributed by atoms with Gasteiger partial charge in [-0.05, 0) is 61.8 Å². The van der Waals surface area contributed by atoms with E-state index in [9.17, 15) is 0 Å². The average molecular weight is 330 g/mol. The molecule has 0 amide bonds. The second-order valence-electron chi connectivity index (χ2n) is 5.11. The summed E-state index contributed by atoms with van der Waals surface area (Å²) in [5.74, 6) is 0. The minimum Gasteiger partial charge on any atom is -0.399 e. The van der Waals surface area contributed by atoms with E-state index in [4.69, 9.17) is 9.31 Å². The molecule has 16 heavy (non-hydrogen) atoms. The van der Waals surface area contributed by atoms with Crippen molar-refractivity contribution in [3.05, 3.63) is 27.8 Å². The van der Waals surface area contributed by atoms with Crippen LogP contribution in [-0.4, -0.2) is 18.3 Å². The van der Waals surface area contributed by atoms with Crippen LogP contribution in [0.5, 0.6) is 0 Å². The Bertz CT molecular complexity index is 388. The molecule has 1 aromatic rings. The van der Waals surface area contributed by atoms with Crippen LogP contribution in [0.1, 0.15) is 27.7 Å². The highest BCUT2D eigenvalue weighted by atomic mass is 127. The lowest BCUT2D eigenvalue weighted by Gasteiger charge is -2.32. The summed E-state index contributed by atoms with van der Waals surface area (Å²) in [4.78, 5) is 0. The molecule has 1 saturated heterocycles. The first kappa shape index (κ1) is 12.4. The fraction of sp³-hybridized carbons (Fsp3) is 0.500. The van der Waals surface area contributed by atoms with Gasteiger partial charge in [0, 0.05) is 3.57 Å². The molecule has 0 aliphatic carbocycles. The van der Waals surface area contributed by atoms with E-state index in [-0.39, 0.29) is 18.3 Å². The first-order valence-electron chi connectivity index (χ1n) is 5.43. The van der Waals surface area contributed by atoms with Gasteiger partial charge >= 0.3 is 7.12 Å². The molecule has 1 aliphatic rings. The maximum absolute atomic E-state index is 6.00. The second-order valence-corrected chi connectivity index (χ2v) is 6.27. The lowest BCUT2D eigenvalue weighted by Crippen LogP contribution is -2.41. The Labute approximate surface area is 111 Å². The molecule has 0 bridgehead atoms. The van der Waals surface area contributed by atoms with E-state index in [1.165, 1.54) is 3.57 Å². The third kappa shape index (κ3) is 2.02. The molecule has 0 spiro atoms. The van der Waals surface area contributed by atoms with Crippen LogP contribution in [0.4, 0.5) is 0 Å². The van der Waals surface area contributed by atoms with E-state index < -0.39 is 0 Å². The van der Waals surface area contributed by atoms with Gasteiger partial charge in [-0.3, -0.25) is 0 Å². The number of hydrogen-bond acceptors (Lipinski definition) is 2. The Morgan fingerprint density at radius 2 is 1.50 bits per heavy atom. The quantitative estimate of drug-likeness (QED) is 0.582. The largest absolute Gasteiger partial charge is 0.495 e. The third-order valence-electron chi connectivity index (χ3n) is 3.41. The summed E-state index contributed by atoms with van der Waals surface area (Å²) in [6.45, 7) is 8.29. The van der Waals surface area contributed by atoms with Gasteiger partial charge in [0.25, 0.3) is 0 Å². The van der Waals surface area contributed by atoms with Gasteiger partial charge in [-0.1, -0.05) is 18.2 Å². The minimum absolute atomic E-state index is 0.252. The predicted octanol–water partition coefficient (Wildman–Crippen LogP) is 2.59. The molecule has 86 valence electrons. The van der Waals surface area contributed by atoms with Crippen LogP contribution in [0.3, 0.4) is 0 Å². The summed E-state index contributed by atoms with van der Waals surface area (Å²) < 4.78 is 13.2. The fourth-order valence-corrected chi connectivity index (χ4v) is 2.28. The first-order valence-corrected chi connectivity index (χ1v) is 6.51. The van der Waals surface area contributed by atoms with E-state index in [0.29, 0.717) is 0 Å². The zero-order valence-corrected chi connectivity index (χ0v) is 12.2. The summed E-state index contributed by atoms with van der Waals surface area (Å²) >= 11 is 2.31. The van der Waals surface area contributed by atoms with Crippen molar-refractivity contribution in [3.63, 3.8) is 0 Å². The highest BCUT2D eigenvalue weighted by molar-refractivity contribution is 14.1. The molecule has 2 nitrogen and oxygen atoms in total. The smallest absolute Gasteiger partial charge is 0.399 e. The highest BCUT2D eigenvalue weighted by Gasteiger charge is 2.52. The number of rotatable bonds is 1. The normalized spacial score (nSPS) is 22.4. The van der Waals surface area contributed by atoms with E-state index in [0.717, 1.165) is 5.46 Å². The molecule has 0 saturated carbocycles. The van der Waals surface area contributed by atoms with Crippen LogP contribution in [0, 0.1) is 3.57 Å². The van der Waals surface area contributed by atoms with Crippen LogP contribution >= 0.6 is 22.6 Å². The Balaban J connectivity index is 2.31. The highest BCUT2D eigenvalue weighted by Crippen LogP contribution is 2.36. The van der Waals surface area contributed by atoms with Gasteiger partial charge < -0.3 is 9.31 Å². The van der Waals surface area contributed by atoms with Crippen LogP contribution in [0.2, 0.25) is 0 Å². The molecule has 2 rings (SSSR count). The molecular weight excluding hydrogens is 314 g/mol. The lowest BCUT2D eigenvalue weighted by atomic mass is 9.79. The molecular formula is C12H16BIO2. The fourth-order valence-electron chi connectivity index (χ4n) is 1.64. The van der Waals surface area contributed by atoms with E-state index in [2.05, 4.69) is 62.4 Å². The Kier molecular flexibility index (Phi) is 3.10. The Hall–Kier alpha value is -0.0651. The predicted molar refractivity (Wildman–Crippen MR) is 74.9 cm³/mol. The summed E-state index contributed by atoms with van der Waals surface area (Å²) in [6, 6.07) is 8.17. The van der Waals surface area contributed by atoms with Crippen molar-refractivity contribution < 1.29 is 9.31 Å². The summed E-state index contributed by atoms with van der Waals surface area (Å²) in [7, 11) is -0.252. The molecule has 4 heteroatoms. The molecule has 1 aromatic carbocycles.